The van der Waals surface area contributed by atoms with Crippen molar-refractivity contribution in [1.29, 1.82) is 0 Å². The Bertz CT molecular complexity index is 305. The Hall–Kier alpha value is 0.130. The zero-order valence-electron chi connectivity index (χ0n) is 7.89. The number of hydrogen-bond donors (Lipinski definition) is 5. The average molecular weight is 258 g/mol. The van der Waals surface area contributed by atoms with E-state index in [4.69, 9.17) is 24.5 Å². The highest BCUT2D eigenvalue weighted by atomic mass is 31.3. The van der Waals surface area contributed by atoms with Gasteiger partial charge in [-0.2, -0.15) is 14.7 Å². The van der Waals surface area contributed by atoms with Gasteiger partial charge >= 0.3 is 15.5 Å². The van der Waals surface area contributed by atoms with Crippen LogP contribution in [0.3, 0.4) is 0 Å². The van der Waals surface area contributed by atoms with E-state index in [1.165, 1.54) is 0 Å². The van der Waals surface area contributed by atoms with E-state index < -0.39 is 20.9 Å². The maximum Gasteiger partial charge on any atom is 0.425 e. The summed E-state index contributed by atoms with van der Waals surface area (Å²) in [6, 6.07) is 0. The zero-order valence-corrected chi connectivity index (χ0v) is 9.68. The highest BCUT2D eigenvalue weighted by Crippen LogP contribution is 2.65. The smallest absolute Gasteiger partial charge is 0.321 e. The van der Waals surface area contributed by atoms with Crippen molar-refractivity contribution in [3.05, 3.63) is 0 Å². The second-order valence-corrected chi connectivity index (χ2v) is 7.26. The highest BCUT2D eigenvalue weighted by Gasteiger charge is 2.57. The Kier molecular flexibility index (Phi) is 4.01. The predicted octanol–water partition coefficient (Wildman–Crippen LogP) is -0.145. The zero-order chi connectivity index (χ0) is 11.7. The number of aliphatic imine (C=N–C) groups is 1. The molecule has 0 spiro atoms. The maximum absolute atomic E-state index is 11.0. The first kappa shape index (κ1) is 13.2. The molecule has 1 atom stereocenters. The molecule has 0 fully saturated rings. The third-order valence-corrected chi connectivity index (χ3v) is 5.82. The normalized spacial score (nSPS) is 21.0. The molecule has 0 aliphatic carbocycles. The van der Waals surface area contributed by atoms with Crippen molar-refractivity contribution in [2.45, 2.75) is 24.7 Å². The van der Waals surface area contributed by atoms with Crippen LogP contribution in [-0.4, -0.2) is 42.1 Å². The first-order chi connectivity index (χ1) is 6.73. The van der Waals surface area contributed by atoms with Crippen LogP contribution in [0.15, 0.2) is 4.99 Å². The van der Waals surface area contributed by atoms with E-state index >= 15 is 0 Å². The summed E-state index contributed by atoms with van der Waals surface area (Å²) in [5.41, 5.74) is 0.00965. The van der Waals surface area contributed by atoms with Gasteiger partial charge in [-0.1, -0.05) is 0 Å². The maximum atomic E-state index is 11.0. The van der Waals surface area contributed by atoms with Gasteiger partial charge in [0.1, 0.15) is 0 Å². The van der Waals surface area contributed by atoms with Gasteiger partial charge in [-0.05, 0) is 19.3 Å². The van der Waals surface area contributed by atoms with Gasteiger partial charge in [0.15, 0.2) is 0 Å². The molecule has 0 aromatic carbocycles. The summed E-state index contributed by atoms with van der Waals surface area (Å²) in [6.07, 6.45) is 1.75. The van der Waals surface area contributed by atoms with Gasteiger partial charge < -0.3 is 9.79 Å². The first-order valence-electron chi connectivity index (χ1n) is 4.38. The van der Waals surface area contributed by atoms with Gasteiger partial charge in [-0.3, -0.25) is 9.56 Å². The van der Waals surface area contributed by atoms with Crippen LogP contribution in [0.25, 0.3) is 0 Å². The van der Waals surface area contributed by atoms with Gasteiger partial charge in [-0.15, -0.1) is 0 Å². The van der Waals surface area contributed by atoms with Crippen molar-refractivity contribution >= 4 is 21.3 Å². The number of nitrogens with zero attached hydrogens (tertiary/aromatic N) is 1. The van der Waals surface area contributed by atoms with E-state index in [1.807, 2.05) is 0 Å². The lowest BCUT2D eigenvalue weighted by molar-refractivity contribution is 0.318. The molecule has 1 aliphatic rings. The first-order valence-corrected chi connectivity index (χ1v) is 7.78. The van der Waals surface area contributed by atoms with Crippen molar-refractivity contribution in [2.24, 2.45) is 4.99 Å². The molecule has 1 heterocycles. The van der Waals surface area contributed by atoms with Gasteiger partial charge in [-0.25, -0.2) is 0 Å². The van der Waals surface area contributed by atoms with Crippen LogP contribution in [0, 0.1) is 0 Å². The molecule has 0 amide bonds. The fourth-order valence-electron chi connectivity index (χ4n) is 1.53. The van der Waals surface area contributed by atoms with Crippen LogP contribution in [0.5, 0.6) is 0 Å². The largest absolute Gasteiger partial charge is 0.425 e. The summed E-state index contributed by atoms with van der Waals surface area (Å²) in [7, 11) is -9.41. The Morgan fingerprint density at radius 2 is 1.87 bits per heavy atom. The molecular weight excluding hydrogens is 244 g/mol. The summed E-state index contributed by atoms with van der Waals surface area (Å²) >= 11 is 0. The molecule has 0 saturated carbocycles. The van der Waals surface area contributed by atoms with Crippen LogP contribution < -0.4 is 0 Å². The van der Waals surface area contributed by atoms with Crippen LogP contribution in [-0.2, 0) is 4.57 Å². The Labute approximate surface area is 87.2 Å². The number of rotatable bonds is 3. The fourth-order valence-corrected chi connectivity index (χ4v) is 4.35. The van der Waals surface area contributed by atoms with Crippen molar-refractivity contribution < 1.29 is 29.0 Å². The minimum absolute atomic E-state index is 0.00965. The summed E-state index contributed by atoms with van der Waals surface area (Å²) in [5.74, 6) is 0. The molecular formula is C6H14NO6P2+. The van der Waals surface area contributed by atoms with Crippen molar-refractivity contribution in [3.63, 3.8) is 0 Å². The van der Waals surface area contributed by atoms with E-state index in [0.717, 1.165) is 6.42 Å². The van der Waals surface area contributed by atoms with E-state index in [-0.39, 0.29) is 12.1 Å². The van der Waals surface area contributed by atoms with Crippen molar-refractivity contribution in [3.8, 4) is 0 Å². The second kappa shape index (κ2) is 4.55. The van der Waals surface area contributed by atoms with E-state index in [2.05, 4.69) is 4.99 Å². The van der Waals surface area contributed by atoms with Gasteiger partial charge in [0.05, 0.1) is 5.71 Å². The highest BCUT2D eigenvalue weighted by molar-refractivity contribution is 7.76. The second-order valence-electron chi connectivity index (χ2n) is 3.41. The van der Waals surface area contributed by atoms with Crippen molar-refractivity contribution in [1.82, 2.24) is 0 Å². The summed E-state index contributed by atoms with van der Waals surface area (Å²) < 4.78 is 11.0. The van der Waals surface area contributed by atoms with Gasteiger partial charge in [0.2, 0.25) is 0 Å². The SMILES string of the molecule is O=P(O)(O)C(C1=NCCCC1)[P+](O)(O)O. The Morgan fingerprint density at radius 3 is 2.20 bits per heavy atom. The molecule has 9 heteroatoms. The van der Waals surface area contributed by atoms with E-state index in [9.17, 15) is 4.57 Å². The standard InChI is InChI=1S/C6H13NO6P2/c8-14(9,10)6(15(11,12)13)5-3-1-2-4-7-5/h6,8-10H,1-4H2,(H-,11,12,13)/p+1. The van der Waals surface area contributed by atoms with Gasteiger partial charge in [0.25, 0.3) is 5.40 Å². The molecule has 0 radical (unpaired) electrons. The lowest BCUT2D eigenvalue weighted by atomic mass is 10.1. The molecule has 0 bridgehead atoms. The van der Waals surface area contributed by atoms with Crippen LogP contribution in [0.1, 0.15) is 19.3 Å². The molecule has 1 rings (SSSR count). The van der Waals surface area contributed by atoms with Crippen LogP contribution in [0.2, 0.25) is 0 Å². The lowest BCUT2D eigenvalue weighted by Gasteiger charge is -2.21. The molecule has 0 saturated heterocycles. The monoisotopic (exact) mass is 258 g/mol. The molecule has 7 nitrogen and oxygen atoms in total. The van der Waals surface area contributed by atoms with E-state index in [0.29, 0.717) is 13.0 Å². The fraction of sp³-hybridized carbons (Fsp3) is 0.833. The average Bonchev–Trinajstić information content (AvgIpc) is 2.00. The molecule has 15 heavy (non-hydrogen) atoms. The lowest BCUT2D eigenvalue weighted by Crippen LogP contribution is -2.26. The summed E-state index contributed by atoms with van der Waals surface area (Å²) in [6.45, 7) is 0.395. The molecule has 1 unspecified atom stereocenters. The summed E-state index contributed by atoms with van der Waals surface area (Å²) in [5, 5.41) is -1.94. The Balaban J connectivity index is 3.01. The number of hydrogen-bond acceptors (Lipinski definition) is 5. The minimum Gasteiger partial charge on any atom is -0.321 e. The Morgan fingerprint density at radius 1 is 1.27 bits per heavy atom. The summed E-state index contributed by atoms with van der Waals surface area (Å²) in [4.78, 5) is 48.8. The molecule has 0 aromatic heterocycles. The quantitative estimate of drug-likeness (QED) is 0.447. The third kappa shape index (κ3) is 3.57. The molecule has 1 aliphatic heterocycles. The van der Waals surface area contributed by atoms with Crippen LogP contribution >= 0.6 is 15.5 Å². The molecule has 0 aromatic rings. The third-order valence-electron chi connectivity index (χ3n) is 2.10. The molecule has 88 valence electrons. The van der Waals surface area contributed by atoms with Crippen LogP contribution in [0.4, 0.5) is 0 Å². The van der Waals surface area contributed by atoms with Crippen molar-refractivity contribution in [2.75, 3.05) is 6.54 Å². The van der Waals surface area contributed by atoms with E-state index in [1.54, 1.807) is 0 Å². The van der Waals surface area contributed by atoms with Gasteiger partial charge in [0, 0.05) is 6.54 Å². The predicted molar refractivity (Wildman–Crippen MR) is 55.6 cm³/mol. The molecule has 5 N–H and O–H groups in total. The topological polar surface area (TPSA) is 131 Å². The minimum atomic E-state index is -4.80.